The molecule has 0 bridgehead atoms. The fraction of sp³-hybridized carbons (Fsp3) is 0.350. The summed E-state index contributed by atoms with van der Waals surface area (Å²) in [5, 5.41) is 0. The molecule has 0 spiro atoms. The summed E-state index contributed by atoms with van der Waals surface area (Å²) in [4.78, 5) is 51.1. The van der Waals surface area contributed by atoms with Crippen molar-refractivity contribution in [3.05, 3.63) is 60.1 Å². The second kappa shape index (κ2) is 9.96. The van der Waals surface area contributed by atoms with Crippen molar-refractivity contribution in [3.8, 4) is 12.3 Å². The molecule has 11 heteroatoms. The Morgan fingerprint density at radius 2 is 1.84 bits per heavy atom. The molecule has 0 saturated carbocycles. The van der Waals surface area contributed by atoms with E-state index in [1.165, 1.54) is 4.57 Å². The van der Waals surface area contributed by atoms with Gasteiger partial charge in [0.15, 0.2) is 5.65 Å². The number of aromatic nitrogens is 4. The maximum Gasteiger partial charge on any atom is 0.333 e. The summed E-state index contributed by atoms with van der Waals surface area (Å²) in [5.74, 6) is 2.89. The summed E-state index contributed by atoms with van der Waals surface area (Å²) < 4.78 is 14.5. The third-order valence-electron chi connectivity index (χ3n) is 4.80. The Kier molecular flexibility index (Phi) is 7.54. The molecule has 164 valence electrons. The van der Waals surface area contributed by atoms with Gasteiger partial charge in [-0.25, -0.2) is 14.3 Å². The van der Waals surface area contributed by atoms with Gasteiger partial charge in [0.2, 0.25) is 0 Å². The van der Waals surface area contributed by atoms with Gasteiger partial charge >= 0.3 is 13.3 Å². The number of imidazole rings is 1. The minimum Gasteiger partial charge on any atom is -0.336 e. The summed E-state index contributed by atoms with van der Waals surface area (Å²) in [7, 11) is -4.10. The number of hydrogen-bond acceptors (Lipinski definition) is 4. The second-order valence-electron chi connectivity index (χ2n) is 7.13. The van der Waals surface area contributed by atoms with Crippen molar-refractivity contribution in [3.63, 3.8) is 0 Å². The summed E-state index contributed by atoms with van der Waals surface area (Å²) in [5.41, 5.74) is 0.444. The van der Waals surface area contributed by atoms with E-state index < -0.39 is 18.8 Å². The molecular weight excluding hydrogens is 534 g/mol. The predicted octanol–water partition coefficient (Wildman–Crippen LogP) is 1.87. The number of halogens is 1. The van der Waals surface area contributed by atoms with Gasteiger partial charge in [-0.05, 0) is 59.5 Å². The summed E-state index contributed by atoms with van der Waals surface area (Å²) in [6.07, 6.45) is 6.89. The first kappa shape index (κ1) is 23.5. The number of unbranched alkanes of at least 4 members (excludes halogenated alkanes) is 1. The first-order valence-electron chi connectivity index (χ1n) is 9.64. The van der Waals surface area contributed by atoms with Crippen molar-refractivity contribution < 1.29 is 14.4 Å². The van der Waals surface area contributed by atoms with Gasteiger partial charge in [0.1, 0.15) is 11.3 Å². The largest absolute Gasteiger partial charge is 0.336 e. The Morgan fingerprint density at radius 1 is 1.13 bits per heavy atom. The molecule has 0 radical (unpaired) electrons. The Hall–Kier alpha value is -2.19. The molecule has 2 aromatic heterocycles. The van der Waals surface area contributed by atoms with Crippen LogP contribution in [0.2, 0.25) is 0 Å². The summed E-state index contributed by atoms with van der Waals surface area (Å²) >= 11 is 2.24. The number of aryl methyl sites for hydroxylation is 3. The Morgan fingerprint density at radius 3 is 2.48 bits per heavy atom. The maximum atomic E-state index is 12.8. The Labute approximate surface area is 191 Å². The first-order chi connectivity index (χ1) is 14.7. The van der Waals surface area contributed by atoms with E-state index in [4.69, 9.17) is 16.2 Å². The van der Waals surface area contributed by atoms with Crippen LogP contribution in [-0.4, -0.2) is 35.1 Å². The Balaban J connectivity index is 1.91. The fourth-order valence-electron chi connectivity index (χ4n) is 3.27. The van der Waals surface area contributed by atoms with Crippen LogP contribution in [0, 0.1) is 15.9 Å². The van der Waals surface area contributed by atoms with E-state index in [0.29, 0.717) is 25.1 Å². The van der Waals surface area contributed by atoms with Crippen molar-refractivity contribution >= 4 is 41.4 Å². The molecular formula is C20H22IN4O5P. The highest BCUT2D eigenvalue weighted by atomic mass is 127. The Bertz CT molecular complexity index is 1280. The van der Waals surface area contributed by atoms with E-state index in [2.05, 4.69) is 38.5 Å². The first-order valence-corrected chi connectivity index (χ1v) is 12.5. The van der Waals surface area contributed by atoms with Crippen molar-refractivity contribution in [2.75, 3.05) is 6.16 Å². The third-order valence-corrected chi connectivity index (χ3v) is 6.42. The summed E-state index contributed by atoms with van der Waals surface area (Å²) in [6, 6.07) is 8.09. The average molecular weight is 556 g/mol. The van der Waals surface area contributed by atoms with Gasteiger partial charge in [0.05, 0.1) is 6.54 Å². The molecule has 0 aliphatic rings. The zero-order valence-corrected chi connectivity index (χ0v) is 19.7. The lowest BCUT2D eigenvalue weighted by molar-refractivity contribution is 0.370. The molecule has 0 atom stereocenters. The molecule has 0 fully saturated rings. The lowest BCUT2D eigenvalue weighted by Gasteiger charge is -2.10. The molecule has 2 heterocycles. The van der Waals surface area contributed by atoms with Crippen LogP contribution in [0.5, 0.6) is 0 Å². The number of nitrogens with one attached hydrogen (secondary N) is 1. The minimum atomic E-state index is -4.10. The van der Waals surface area contributed by atoms with Gasteiger partial charge in [0, 0.05) is 22.7 Å². The summed E-state index contributed by atoms with van der Waals surface area (Å²) in [6.45, 7) is -0.00526. The van der Waals surface area contributed by atoms with E-state index in [9.17, 15) is 14.2 Å². The van der Waals surface area contributed by atoms with Gasteiger partial charge in [-0.3, -0.25) is 13.9 Å². The SMILES string of the molecule is C#CCn1c(=O)c2[nH]c(CCc3ccc(I)cc3)nc2n(CCCCP(=O)(O)O)c1=O. The number of rotatable bonds is 9. The number of benzene rings is 1. The van der Waals surface area contributed by atoms with Gasteiger partial charge in [-0.2, -0.15) is 0 Å². The van der Waals surface area contributed by atoms with E-state index in [0.717, 1.165) is 13.7 Å². The molecule has 0 aliphatic carbocycles. The van der Waals surface area contributed by atoms with Crippen molar-refractivity contribution in [1.29, 1.82) is 0 Å². The average Bonchev–Trinajstić information content (AvgIpc) is 3.13. The van der Waals surface area contributed by atoms with E-state index in [1.807, 2.05) is 24.3 Å². The standard InChI is InChI=1S/C20H22IN4O5P/c1-2-11-25-19(26)17-18(24(20(25)27)12-3-4-13-31(28,29)30)23-16(22-17)10-7-14-5-8-15(21)9-6-14/h1,5-6,8-9H,3-4,7,10-13H2,(H,22,23)(H2,28,29,30). The van der Waals surface area contributed by atoms with Crippen LogP contribution in [0.1, 0.15) is 24.2 Å². The highest BCUT2D eigenvalue weighted by Crippen LogP contribution is 2.35. The smallest absolute Gasteiger partial charge is 0.333 e. The molecule has 0 amide bonds. The van der Waals surface area contributed by atoms with Crippen molar-refractivity contribution in [2.24, 2.45) is 0 Å². The molecule has 0 unspecified atom stereocenters. The van der Waals surface area contributed by atoms with E-state index in [-0.39, 0.29) is 36.8 Å². The van der Waals surface area contributed by atoms with Crippen LogP contribution in [0.3, 0.4) is 0 Å². The van der Waals surface area contributed by atoms with Gasteiger partial charge in [-0.1, -0.05) is 18.1 Å². The number of aromatic amines is 1. The molecule has 9 nitrogen and oxygen atoms in total. The van der Waals surface area contributed by atoms with Crippen LogP contribution in [-0.2, 0) is 30.5 Å². The highest BCUT2D eigenvalue weighted by Gasteiger charge is 2.18. The van der Waals surface area contributed by atoms with Gasteiger partial charge < -0.3 is 14.8 Å². The van der Waals surface area contributed by atoms with Crippen LogP contribution in [0.15, 0.2) is 33.9 Å². The van der Waals surface area contributed by atoms with Crippen LogP contribution < -0.4 is 11.2 Å². The second-order valence-corrected chi connectivity index (χ2v) is 10.2. The molecule has 0 aliphatic heterocycles. The molecule has 3 aromatic rings. The normalized spacial score (nSPS) is 11.7. The molecule has 0 saturated heterocycles. The van der Waals surface area contributed by atoms with E-state index >= 15 is 0 Å². The number of H-pyrrole nitrogens is 1. The lowest BCUT2D eigenvalue weighted by atomic mass is 10.1. The van der Waals surface area contributed by atoms with Crippen molar-refractivity contribution in [1.82, 2.24) is 19.1 Å². The maximum absolute atomic E-state index is 12.8. The van der Waals surface area contributed by atoms with Crippen molar-refractivity contribution in [2.45, 2.75) is 38.8 Å². The minimum absolute atomic E-state index is 0.168. The number of nitrogens with zero attached hydrogens (tertiary/aromatic N) is 3. The third kappa shape index (κ3) is 5.95. The van der Waals surface area contributed by atoms with Gasteiger partial charge in [0.25, 0.3) is 5.56 Å². The fourth-order valence-corrected chi connectivity index (χ4v) is 4.26. The molecule has 1 aromatic carbocycles. The quantitative estimate of drug-likeness (QED) is 0.160. The van der Waals surface area contributed by atoms with E-state index in [1.54, 1.807) is 0 Å². The number of hydrogen-bond donors (Lipinski definition) is 3. The van der Waals surface area contributed by atoms with Crippen LogP contribution in [0.4, 0.5) is 0 Å². The predicted molar refractivity (Wildman–Crippen MR) is 126 cm³/mol. The lowest BCUT2D eigenvalue weighted by Crippen LogP contribution is -2.40. The number of terminal acetylenes is 1. The molecule has 3 N–H and O–H groups in total. The number of fused-ring (bicyclic) bond motifs is 1. The molecule has 3 rings (SSSR count). The zero-order valence-electron chi connectivity index (χ0n) is 16.6. The van der Waals surface area contributed by atoms with Gasteiger partial charge in [-0.15, -0.1) is 6.42 Å². The zero-order chi connectivity index (χ0) is 22.6. The highest BCUT2D eigenvalue weighted by molar-refractivity contribution is 14.1. The topological polar surface area (TPSA) is 130 Å². The monoisotopic (exact) mass is 556 g/mol. The van der Waals surface area contributed by atoms with Crippen LogP contribution >= 0.6 is 30.2 Å². The molecule has 31 heavy (non-hydrogen) atoms. The van der Waals surface area contributed by atoms with Crippen LogP contribution in [0.25, 0.3) is 11.2 Å².